The number of piperidine rings is 1. The topological polar surface area (TPSA) is 84.9 Å². The van der Waals surface area contributed by atoms with Crippen LogP contribution in [0.15, 0.2) is 47.4 Å². The largest absolute Gasteiger partial charge is 0.497 e. The van der Waals surface area contributed by atoms with E-state index in [1.807, 2.05) is 0 Å². The second-order valence-electron chi connectivity index (χ2n) is 6.17. The normalized spacial score (nSPS) is 14.7. The van der Waals surface area contributed by atoms with E-state index in [0.29, 0.717) is 24.4 Å². The predicted octanol–water partition coefficient (Wildman–Crippen LogP) is 3.02. The van der Waals surface area contributed by atoms with E-state index >= 15 is 0 Å². The van der Waals surface area contributed by atoms with Gasteiger partial charge in [-0.1, -0.05) is 0 Å². The molecule has 1 amide bonds. The van der Waals surface area contributed by atoms with Crippen molar-refractivity contribution in [1.29, 1.82) is 0 Å². The molecule has 2 aromatic rings. The fourth-order valence-corrected chi connectivity index (χ4v) is 4.24. The van der Waals surface area contributed by atoms with Gasteiger partial charge in [0.2, 0.25) is 5.91 Å². The van der Waals surface area contributed by atoms with E-state index in [1.165, 1.54) is 20.3 Å². The summed E-state index contributed by atoms with van der Waals surface area (Å²) in [5, 5.41) is 0. The zero-order valence-electron chi connectivity index (χ0n) is 15.3. The van der Waals surface area contributed by atoms with E-state index in [4.69, 9.17) is 9.47 Å². The molecule has 0 aliphatic carbocycles. The summed E-state index contributed by atoms with van der Waals surface area (Å²) in [6.07, 6.45) is 2.43. The van der Waals surface area contributed by atoms with Crippen molar-refractivity contribution in [3.63, 3.8) is 0 Å². The number of hydrogen-bond donors (Lipinski definition) is 1. The van der Waals surface area contributed by atoms with Crippen LogP contribution in [0.1, 0.15) is 19.3 Å². The second kappa shape index (κ2) is 7.87. The first-order valence-corrected chi connectivity index (χ1v) is 10.1. The van der Waals surface area contributed by atoms with E-state index in [9.17, 15) is 13.2 Å². The van der Waals surface area contributed by atoms with Crippen molar-refractivity contribution < 1.29 is 22.7 Å². The molecule has 1 aliphatic rings. The molecule has 0 aromatic heterocycles. The van der Waals surface area contributed by atoms with E-state index in [1.54, 1.807) is 41.3 Å². The number of ether oxygens (including phenoxy) is 2. The molecule has 27 heavy (non-hydrogen) atoms. The number of sulfonamides is 1. The summed E-state index contributed by atoms with van der Waals surface area (Å²) in [7, 11) is -1.00. The van der Waals surface area contributed by atoms with Gasteiger partial charge in [0.05, 0.1) is 14.2 Å². The number of amides is 1. The molecule has 7 nitrogen and oxygen atoms in total. The number of hydrogen-bond acceptors (Lipinski definition) is 5. The van der Waals surface area contributed by atoms with Gasteiger partial charge in [-0.2, -0.15) is 0 Å². The fraction of sp³-hybridized carbons (Fsp3) is 0.316. The predicted molar refractivity (Wildman–Crippen MR) is 103 cm³/mol. The van der Waals surface area contributed by atoms with E-state index < -0.39 is 10.0 Å². The Morgan fingerprint density at radius 1 is 1.00 bits per heavy atom. The number of carbonyl (C=O) groups excluding carboxylic acids is 1. The third-order valence-corrected chi connectivity index (χ3v) is 5.82. The fourth-order valence-electron chi connectivity index (χ4n) is 2.99. The summed E-state index contributed by atoms with van der Waals surface area (Å²) in [6.45, 7) is 0.685. The monoisotopic (exact) mass is 390 g/mol. The van der Waals surface area contributed by atoms with Gasteiger partial charge in [0.25, 0.3) is 10.0 Å². The first-order chi connectivity index (χ1) is 12.9. The van der Waals surface area contributed by atoms with Gasteiger partial charge in [-0.05, 0) is 49.2 Å². The van der Waals surface area contributed by atoms with Crippen molar-refractivity contribution in [2.24, 2.45) is 0 Å². The van der Waals surface area contributed by atoms with E-state index in [-0.39, 0.29) is 16.6 Å². The molecule has 8 heteroatoms. The lowest BCUT2D eigenvalue weighted by molar-refractivity contribution is -0.119. The number of rotatable bonds is 6. The molecule has 0 radical (unpaired) electrons. The lowest BCUT2D eigenvalue weighted by atomic mass is 10.1. The Bertz CT molecular complexity index is 926. The molecular weight excluding hydrogens is 368 g/mol. The molecule has 0 bridgehead atoms. The first-order valence-electron chi connectivity index (χ1n) is 8.60. The summed E-state index contributed by atoms with van der Waals surface area (Å²) in [4.78, 5) is 13.7. The van der Waals surface area contributed by atoms with Gasteiger partial charge in [-0.25, -0.2) is 8.42 Å². The zero-order valence-corrected chi connectivity index (χ0v) is 16.1. The standard InChI is InChI=1S/C19H22N2O5S/c1-25-16-10-11-17(26-2)18(13-16)27(23,24)20-14-6-8-15(9-7-14)21-12-4-3-5-19(21)22/h6-11,13,20H,3-5,12H2,1-2H3. The van der Waals surface area contributed by atoms with Crippen LogP contribution >= 0.6 is 0 Å². The smallest absolute Gasteiger partial charge is 0.265 e. The van der Waals surface area contributed by atoms with Crippen molar-refractivity contribution in [1.82, 2.24) is 0 Å². The van der Waals surface area contributed by atoms with Gasteiger partial charge in [-0.3, -0.25) is 9.52 Å². The number of anilines is 2. The number of nitrogens with one attached hydrogen (secondary N) is 1. The summed E-state index contributed by atoms with van der Waals surface area (Å²) in [5.74, 6) is 0.727. The second-order valence-corrected chi connectivity index (χ2v) is 7.82. The lowest BCUT2D eigenvalue weighted by Gasteiger charge is -2.26. The molecule has 0 saturated carbocycles. The summed E-state index contributed by atoms with van der Waals surface area (Å²) >= 11 is 0. The highest BCUT2D eigenvalue weighted by Gasteiger charge is 2.22. The molecular formula is C19H22N2O5S. The Hall–Kier alpha value is -2.74. The van der Waals surface area contributed by atoms with Crippen molar-refractivity contribution >= 4 is 27.3 Å². The lowest BCUT2D eigenvalue weighted by Crippen LogP contribution is -2.35. The molecule has 144 valence electrons. The molecule has 2 aromatic carbocycles. The summed E-state index contributed by atoms with van der Waals surface area (Å²) < 4.78 is 38.4. The van der Waals surface area contributed by atoms with Crippen LogP contribution in [0, 0.1) is 0 Å². The molecule has 1 fully saturated rings. The quantitative estimate of drug-likeness (QED) is 0.820. The van der Waals surface area contributed by atoms with Gasteiger partial charge in [0.15, 0.2) is 0 Å². The highest BCUT2D eigenvalue weighted by atomic mass is 32.2. The van der Waals surface area contributed by atoms with Gasteiger partial charge >= 0.3 is 0 Å². The van der Waals surface area contributed by atoms with Crippen LogP contribution in [0.2, 0.25) is 0 Å². The third-order valence-electron chi connectivity index (χ3n) is 4.41. The summed E-state index contributed by atoms with van der Waals surface area (Å²) in [6, 6.07) is 11.3. The maximum absolute atomic E-state index is 12.8. The Labute approximate surface area is 158 Å². The molecule has 0 atom stereocenters. The Morgan fingerprint density at radius 2 is 1.74 bits per heavy atom. The van der Waals surface area contributed by atoms with Crippen LogP contribution in [-0.4, -0.2) is 35.1 Å². The van der Waals surface area contributed by atoms with Crippen molar-refractivity contribution in [3.05, 3.63) is 42.5 Å². The van der Waals surface area contributed by atoms with Gasteiger partial charge < -0.3 is 14.4 Å². The Morgan fingerprint density at radius 3 is 2.37 bits per heavy atom. The van der Waals surface area contributed by atoms with Gasteiger partial charge in [0.1, 0.15) is 16.4 Å². The van der Waals surface area contributed by atoms with Crippen LogP contribution in [-0.2, 0) is 14.8 Å². The SMILES string of the molecule is COc1ccc(OC)c(S(=O)(=O)Nc2ccc(N3CCCCC3=O)cc2)c1. The molecule has 1 heterocycles. The number of benzene rings is 2. The van der Waals surface area contributed by atoms with E-state index in [0.717, 1.165) is 18.5 Å². The average Bonchev–Trinajstić information content (AvgIpc) is 2.68. The highest BCUT2D eigenvalue weighted by Crippen LogP contribution is 2.30. The Balaban J connectivity index is 1.83. The minimum Gasteiger partial charge on any atom is -0.497 e. The van der Waals surface area contributed by atoms with E-state index in [2.05, 4.69) is 4.72 Å². The minimum atomic E-state index is -3.87. The first kappa shape index (κ1) is 19.0. The molecule has 1 saturated heterocycles. The molecule has 0 spiro atoms. The molecule has 1 N–H and O–H groups in total. The highest BCUT2D eigenvalue weighted by molar-refractivity contribution is 7.92. The van der Waals surface area contributed by atoms with Crippen LogP contribution in [0.4, 0.5) is 11.4 Å². The maximum atomic E-state index is 12.8. The average molecular weight is 390 g/mol. The molecule has 3 rings (SSSR count). The molecule has 1 aliphatic heterocycles. The molecule has 0 unspecified atom stereocenters. The van der Waals surface area contributed by atoms with Crippen LogP contribution in [0.5, 0.6) is 11.5 Å². The van der Waals surface area contributed by atoms with Gasteiger partial charge in [-0.15, -0.1) is 0 Å². The number of methoxy groups -OCH3 is 2. The van der Waals surface area contributed by atoms with Crippen LogP contribution in [0.3, 0.4) is 0 Å². The summed E-state index contributed by atoms with van der Waals surface area (Å²) in [5.41, 5.74) is 1.16. The Kier molecular flexibility index (Phi) is 5.55. The van der Waals surface area contributed by atoms with Crippen LogP contribution in [0.25, 0.3) is 0 Å². The zero-order chi connectivity index (χ0) is 19.4. The van der Waals surface area contributed by atoms with Crippen molar-refractivity contribution in [3.8, 4) is 11.5 Å². The maximum Gasteiger partial charge on any atom is 0.265 e. The van der Waals surface area contributed by atoms with Crippen LogP contribution < -0.4 is 19.1 Å². The minimum absolute atomic E-state index is 0.0142. The third kappa shape index (κ3) is 4.16. The van der Waals surface area contributed by atoms with Crippen molar-refractivity contribution in [2.75, 3.05) is 30.4 Å². The van der Waals surface area contributed by atoms with Gasteiger partial charge in [0, 0.05) is 30.4 Å². The number of carbonyl (C=O) groups is 1. The number of nitrogens with zero attached hydrogens (tertiary/aromatic N) is 1. The van der Waals surface area contributed by atoms with Crippen molar-refractivity contribution in [2.45, 2.75) is 24.2 Å².